The van der Waals surface area contributed by atoms with Crippen molar-refractivity contribution in [1.29, 1.82) is 0 Å². The zero-order valence-electron chi connectivity index (χ0n) is 15.5. The molecule has 0 radical (unpaired) electrons. The molecule has 1 aromatic rings. The van der Waals surface area contributed by atoms with E-state index in [0.29, 0.717) is 56.3 Å². The first-order valence-electron chi connectivity index (χ1n) is 8.91. The first-order chi connectivity index (χ1) is 11.7. The number of nitrogens with zero attached hydrogens (tertiary/aromatic N) is 2. The highest BCUT2D eigenvalue weighted by molar-refractivity contribution is 7.89. The minimum Gasteiger partial charge on any atom is -0.360 e. The number of hydrogen-bond acceptors (Lipinski definition) is 5. The van der Waals surface area contributed by atoms with Gasteiger partial charge in [0.15, 0.2) is 5.76 Å². The van der Waals surface area contributed by atoms with Crippen LogP contribution in [0.1, 0.15) is 51.0 Å². The molecule has 1 aromatic heterocycles. The summed E-state index contributed by atoms with van der Waals surface area (Å²) in [5, 5.41) is 6.69. The highest BCUT2D eigenvalue weighted by atomic mass is 32.2. The van der Waals surface area contributed by atoms with Crippen molar-refractivity contribution >= 4 is 15.9 Å². The number of carbonyl (C=O) groups excluding carboxylic acids is 1. The molecule has 0 spiro atoms. The van der Waals surface area contributed by atoms with Crippen LogP contribution in [0.2, 0.25) is 0 Å². The molecule has 25 heavy (non-hydrogen) atoms. The molecule has 1 fully saturated rings. The van der Waals surface area contributed by atoms with Gasteiger partial charge in [-0.15, -0.1) is 0 Å². The predicted molar refractivity (Wildman–Crippen MR) is 94.5 cm³/mol. The Hall–Kier alpha value is -1.41. The van der Waals surface area contributed by atoms with Gasteiger partial charge in [0.2, 0.25) is 15.9 Å². The molecular weight excluding hydrogens is 342 g/mol. The lowest BCUT2D eigenvalue weighted by atomic mass is 9.94. The van der Waals surface area contributed by atoms with Crippen LogP contribution in [0, 0.1) is 25.7 Å². The van der Waals surface area contributed by atoms with Gasteiger partial charge in [-0.25, -0.2) is 8.42 Å². The fourth-order valence-electron chi connectivity index (χ4n) is 3.16. The molecule has 0 saturated carbocycles. The second-order valence-corrected chi connectivity index (χ2v) is 9.11. The van der Waals surface area contributed by atoms with Gasteiger partial charge in [-0.2, -0.15) is 4.31 Å². The van der Waals surface area contributed by atoms with Gasteiger partial charge in [-0.1, -0.05) is 19.0 Å². The maximum Gasteiger partial charge on any atom is 0.248 e. The van der Waals surface area contributed by atoms with Gasteiger partial charge in [-0.3, -0.25) is 4.79 Å². The van der Waals surface area contributed by atoms with Gasteiger partial charge < -0.3 is 9.84 Å². The van der Waals surface area contributed by atoms with Gasteiger partial charge in [0, 0.05) is 26.1 Å². The van der Waals surface area contributed by atoms with E-state index < -0.39 is 10.0 Å². The fourth-order valence-corrected chi connectivity index (χ4v) is 4.92. The van der Waals surface area contributed by atoms with Crippen LogP contribution in [0.4, 0.5) is 0 Å². The Morgan fingerprint density at radius 3 is 2.48 bits per heavy atom. The molecule has 0 bridgehead atoms. The molecule has 1 N–H and O–H groups in total. The van der Waals surface area contributed by atoms with Gasteiger partial charge in [0.05, 0.1) is 0 Å². The molecule has 2 rings (SSSR count). The highest BCUT2D eigenvalue weighted by Gasteiger charge is 2.34. The SMILES string of the molecule is Cc1noc(C)c1S(=O)(=O)N1CCC(CC(=O)NCCC(C)C)CC1. The van der Waals surface area contributed by atoms with Crippen LogP contribution in [-0.2, 0) is 14.8 Å². The number of aryl methyl sites for hydroxylation is 2. The van der Waals surface area contributed by atoms with E-state index in [4.69, 9.17) is 4.52 Å². The van der Waals surface area contributed by atoms with E-state index in [1.165, 1.54) is 4.31 Å². The Labute approximate surface area is 150 Å². The molecule has 7 nitrogen and oxygen atoms in total. The molecule has 0 aromatic carbocycles. The summed E-state index contributed by atoms with van der Waals surface area (Å²) in [6, 6.07) is 0. The number of piperidine rings is 1. The summed E-state index contributed by atoms with van der Waals surface area (Å²) in [6.45, 7) is 9.06. The maximum absolute atomic E-state index is 12.8. The number of hydrogen-bond donors (Lipinski definition) is 1. The molecule has 0 unspecified atom stereocenters. The summed E-state index contributed by atoms with van der Waals surface area (Å²) in [5.41, 5.74) is 0.393. The minimum absolute atomic E-state index is 0.0627. The van der Waals surface area contributed by atoms with E-state index in [-0.39, 0.29) is 16.7 Å². The second kappa shape index (κ2) is 8.31. The van der Waals surface area contributed by atoms with Gasteiger partial charge in [-0.05, 0) is 44.9 Å². The molecule has 0 aliphatic carbocycles. The van der Waals surface area contributed by atoms with Crippen molar-refractivity contribution in [2.75, 3.05) is 19.6 Å². The highest BCUT2D eigenvalue weighted by Crippen LogP contribution is 2.28. The monoisotopic (exact) mass is 371 g/mol. The fraction of sp³-hybridized carbons (Fsp3) is 0.765. The number of rotatable bonds is 7. The number of carbonyl (C=O) groups is 1. The number of sulfonamides is 1. The van der Waals surface area contributed by atoms with E-state index in [1.54, 1.807) is 13.8 Å². The molecule has 1 aliphatic rings. The Balaban J connectivity index is 1.86. The topological polar surface area (TPSA) is 92.5 Å². The van der Waals surface area contributed by atoms with E-state index in [9.17, 15) is 13.2 Å². The van der Waals surface area contributed by atoms with E-state index >= 15 is 0 Å². The summed E-state index contributed by atoms with van der Waals surface area (Å²) in [4.78, 5) is 12.2. The normalized spacial score (nSPS) is 17.2. The van der Waals surface area contributed by atoms with E-state index in [0.717, 1.165) is 6.42 Å². The van der Waals surface area contributed by atoms with Gasteiger partial charge >= 0.3 is 0 Å². The summed E-state index contributed by atoms with van der Waals surface area (Å²) in [6.07, 6.45) is 2.83. The Morgan fingerprint density at radius 1 is 1.32 bits per heavy atom. The van der Waals surface area contributed by atoms with Crippen molar-refractivity contribution in [1.82, 2.24) is 14.8 Å². The Kier molecular flexibility index (Phi) is 6.62. The number of aromatic nitrogens is 1. The molecule has 0 atom stereocenters. The lowest BCUT2D eigenvalue weighted by Gasteiger charge is -2.30. The average Bonchev–Trinajstić information content (AvgIpc) is 2.87. The first kappa shape index (κ1) is 19.9. The third-order valence-electron chi connectivity index (χ3n) is 4.66. The predicted octanol–water partition coefficient (Wildman–Crippen LogP) is 2.24. The standard InChI is InChI=1S/C17H29N3O4S/c1-12(2)5-8-18-16(21)11-15-6-9-20(10-7-15)25(22,23)17-13(3)19-24-14(17)4/h12,15H,5-11H2,1-4H3,(H,18,21). The van der Waals surface area contributed by atoms with Crippen molar-refractivity contribution in [3.05, 3.63) is 11.5 Å². The van der Waals surface area contributed by atoms with Crippen LogP contribution >= 0.6 is 0 Å². The van der Waals surface area contributed by atoms with Crippen molar-refractivity contribution in [3.63, 3.8) is 0 Å². The number of nitrogens with one attached hydrogen (secondary N) is 1. The molecule has 1 aliphatic heterocycles. The zero-order chi connectivity index (χ0) is 18.6. The van der Waals surface area contributed by atoms with Gasteiger partial charge in [0.25, 0.3) is 0 Å². The smallest absolute Gasteiger partial charge is 0.248 e. The van der Waals surface area contributed by atoms with Crippen LogP contribution in [0.25, 0.3) is 0 Å². The largest absolute Gasteiger partial charge is 0.360 e. The van der Waals surface area contributed by atoms with Crippen LogP contribution in [0.15, 0.2) is 9.42 Å². The summed E-state index contributed by atoms with van der Waals surface area (Å²) in [7, 11) is -3.58. The first-order valence-corrected chi connectivity index (χ1v) is 10.4. The van der Waals surface area contributed by atoms with Crippen LogP contribution in [0.3, 0.4) is 0 Å². The lowest BCUT2D eigenvalue weighted by molar-refractivity contribution is -0.122. The molecule has 1 saturated heterocycles. The molecular formula is C17H29N3O4S. The number of amides is 1. The molecule has 8 heteroatoms. The van der Waals surface area contributed by atoms with E-state index in [1.807, 2.05) is 0 Å². The van der Waals surface area contributed by atoms with Crippen molar-refractivity contribution in [2.45, 2.75) is 58.3 Å². The third kappa shape index (κ3) is 5.04. The van der Waals surface area contributed by atoms with Crippen molar-refractivity contribution in [2.24, 2.45) is 11.8 Å². The van der Waals surface area contributed by atoms with Crippen molar-refractivity contribution < 1.29 is 17.7 Å². The third-order valence-corrected chi connectivity index (χ3v) is 6.80. The summed E-state index contributed by atoms with van der Waals surface area (Å²) >= 11 is 0. The average molecular weight is 372 g/mol. The molecule has 2 heterocycles. The maximum atomic E-state index is 12.8. The Bertz CT molecular complexity index is 669. The van der Waals surface area contributed by atoms with Crippen LogP contribution < -0.4 is 5.32 Å². The van der Waals surface area contributed by atoms with Crippen LogP contribution in [-0.4, -0.2) is 43.4 Å². The summed E-state index contributed by atoms with van der Waals surface area (Å²) < 4.78 is 32.0. The van der Waals surface area contributed by atoms with Crippen molar-refractivity contribution in [3.8, 4) is 0 Å². The minimum atomic E-state index is -3.58. The summed E-state index contributed by atoms with van der Waals surface area (Å²) in [5.74, 6) is 1.19. The quantitative estimate of drug-likeness (QED) is 0.793. The Morgan fingerprint density at radius 2 is 1.96 bits per heavy atom. The molecule has 142 valence electrons. The second-order valence-electron chi connectivity index (χ2n) is 7.24. The molecule has 1 amide bonds. The van der Waals surface area contributed by atoms with Crippen LogP contribution in [0.5, 0.6) is 0 Å². The zero-order valence-corrected chi connectivity index (χ0v) is 16.4. The van der Waals surface area contributed by atoms with E-state index in [2.05, 4.69) is 24.3 Å². The lowest BCUT2D eigenvalue weighted by Crippen LogP contribution is -2.40. The van der Waals surface area contributed by atoms with Gasteiger partial charge in [0.1, 0.15) is 10.6 Å².